The summed E-state index contributed by atoms with van der Waals surface area (Å²) in [6.07, 6.45) is 0. The summed E-state index contributed by atoms with van der Waals surface area (Å²) >= 11 is 0. The summed E-state index contributed by atoms with van der Waals surface area (Å²) in [5.74, 6) is 1.24. The van der Waals surface area contributed by atoms with E-state index in [1.165, 1.54) is 6.92 Å². The highest BCUT2D eigenvalue weighted by atomic mass is 16.5. The molecule has 2 aromatic carbocycles. The second-order valence-corrected chi connectivity index (χ2v) is 5.39. The molecule has 2 N–H and O–H groups in total. The Hall–Kier alpha value is -3.02. The van der Waals surface area contributed by atoms with Crippen molar-refractivity contribution in [2.75, 3.05) is 20.3 Å². The number of carbonyl (C=O) groups is 2. The van der Waals surface area contributed by atoms with Crippen molar-refractivity contribution in [2.24, 2.45) is 0 Å². The number of hydrogen-bond acceptors (Lipinski definition) is 4. The Kier molecular flexibility index (Phi) is 6.83. The molecule has 6 nitrogen and oxygen atoms in total. The third kappa shape index (κ3) is 6.18. The molecule has 2 rings (SSSR count). The van der Waals surface area contributed by atoms with Gasteiger partial charge in [-0.15, -0.1) is 0 Å². The number of benzene rings is 2. The van der Waals surface area contributed by atoms with Gasteiger partial charge >= 0.3 is 0 Å². The summed E-state index contributed by atoms with van der Waals surface area (Å²) in [5.41, 5.74) is 1.51. The topological polar surface area (TPSA) is 76.7 Å². The largest absolute Gasteiger partial charge is 0.497 e. The molecule has 0 aliphatic heterocycles. The van der Waals surface area contributed by atoms with Gasteiger partial charge in [-0.2, -0.15) is 0 Å². The molecule has 0 spiro atoms. The molecule has 2 aromatic rings. The third-order valence-corrected chi connectivity index (χ3v) is 3.47. The van der Waals surface area contributed by atoms with Crippen LogP contribution in [0.2, 0.25) is 0 Å². The van der Waals surface area contributed by atoms with E-state index in [1.807, 2.05) is 36.4 Å². The summed E-state index contributed by atoms with van der Waals surface area (Å²) in [5, 5.41) is 5.51. The van der Waals surface area contributed by atoms with Gasteiger partial charge in [0.1, 0.15) is 18.1 Å². The highest BCUT2D eigenvalue weighted by Crippen LogP contribution is 2.16. The minimum Gasteiger partial charge on any atom is -0.497 e. The van der Waals surface area contributed by atoms with Crippen molar-refractivity contribution < 1.29 is 19.1 Å². The van der Waals surface area contributed by atoms with Crippen molar-refractivity contribution in [2.45, 2.75) is 13.5 Å². The number of carbonyl (C=O) groups excluding carboxylic acids is 2. The number of nitrogens with one attached hydrogen (secondary N) is 2. The minimum absolute atomic E-state index is 0.0846. The fourth-order valence-corrected chi connectivity index (χ4v) is 2.11. The molecule has 0 unspecified atom stereocenters. The van der Waals surface area contributed by atoms with E-state index in [2.05, 4.69) is 10.6 Å². The molecule has 0 aromatic heterocycles. The molecule has 132 valence electrons. The summed E-state index contributed by atoms with van der Waals surface area (Å²) in [6.45, 7) is 2.69. The summed E-state index contributed by atoms with van der Waals surface area (Å²) in [7, 11) is 1.61. The van der Waals surface area contributed by atoms with Gasteiger partial charge in [0, 0.05) is 19.0 Å². The molecule has 0 heterocycles. The van der Waals surface area contributed by atoms with E-state index in [0.717, 1.165) is 17.1 Å². The smallest absolute Gasteiger partial charge is 0.251 e. The van der Waals surface area contributed by atoms with Crippen LogP contribution in [0.15, 0.2) is 48.5 Å². The van der Waals surface area contributed by atoms with Crippen molar-refractivity contribution >= 4 is 11.8 Å². The van der Waals surface area contributed by atoms with Crippen LogP contribution < -0.4 is 20.1 Å². The molecule has 0 fully saturated rings. The number of ether oxygens (including phenoxy) is 2. The van der Waals surface area contributed by atoms with Crippen LogP contribution in [0.1, 0.15) is 22.8 Å². The van der Waals surface area contributed by atoms with Gasteiger partial charge in [-0.05, 0) is 42.0 Å². The maximum absolute atomic E-state index is 12.1. The lowest BCUT2D eigenvalue weighted by Gasteiger charge is -2.09. The number of rotatable bonds is 8. The average Bonchev–Trinajstić information content (AvgIpc) is 2.64. The molecule has 0 aliphatic carbocycles. The predicted octanol–water partition coefficient (Wildman–Crippen LogP) is 2.14. The van der Waals surface area contributed by atoms with Crippen molar-refractivity contribution in [3.63, 3.8) is 0 Å². The van der Waals surface area contributed by atoms with Gasteiger partial charge in [0.2, 0.25) is 5.91 Å². The Morgan fingerprint density at radius 2 is 1.56 bits per heavy atom. The Morgan fingerprint density at radius 1 is 0.920 bits per heavy atom. The first-order valence-electron chi connectivity index (χ1n) is 7.97. The fourth-order valence-electron chi connectivity index (χ4n) is 2.11. The first kappa shape index (κ1) is 18.3. The van der Waals surface area contributed by atoms with Crippen LogP contribution in [0, 0.1) is 0 Å². The normalized spacial score (nSPS) is 10.0. The first-order chi connectivity index (χ1) is 12.1. The van der Waals surface area contributed by atoms with Gasteiger partial charge in [0.05, 0.1) is 13.7 Å². The minimum atomic E-state index is -0.163. The molecule has 25 heavy (non-hydrogen) atoms. The van der Waals surface area contributed by atoms with Crippen molar-refractivity contribution in [3.05, 3.63) is 59.7 Å². The van der Waals surface area contributed by atoms with Crippen LogP contribution >= 0.6 is 0 Å². The van der Waals surface area contributed by atoms with Crippen molar-refractivity contribution in [1.82, 2.24) is 10.6 Å². The molecule has 2 amide bonds. The number of hydrogen-bond donors (Lipinski definition) is 2. The summed E-state index contributed by atoms with van der Waals surface area (Å²) in [6, 6.07) is 14.4. The van der Waals surface area contributed by atoms with Gasteiger partial charge < -0.3 is 20.1 Å². The van der Waals surface area contributed by atoms with E-state index in [1.54, 1.807) is 19.2 Å². The fraction of sp³-hybridized carbons (Fsp3) is 0.263. The number of amides is 2. The lowest BCUT2D eigenvalue weighted by Crippen LogP contribution is -2.28. The number of methoxy groups -OCH3 is 1. The summed E-state index contributed by atoms with van der Waals surface area (Å²) < 4.78 is 10.6. The van der Waals surface area contributed by atoms with Gasteiger partial charge in [0.25, 0.3) is 5.91 Å². The zero-order chi connectivity index (χ0) is 18.1. The van der Waals surface area contributed by atoms with E-state index in [9.17, 15) is 9.59 Å². The Morgan fingerprint density at radius 3 is 2.16 bits per heavy atom. The second-order valence-electron chi connectivity index (χ2n) is 5.39. The molecule has 0 saturated carbocycles. The first-order valence-corrected chi connectivity index (χ1v) is 7.97. The van der Waals surface area contributed by atoms with E-state index in [4.69, 9.17) is 9.47 Å². The monoisotopic (exact) mass is 342 g/mol. The molecule has 0 saturated heterocycles. The maximum Gasteiger partial charge on any atom is 0.251 e. The van der Waals surface area contributed by atoms with E-state index >= 15 is 0 Å². The van der Waals surface area contributed by atoms with Gasteiger partial charge in [-0.25, -0.2) is 0 Å². The molecular weight excluding hydrogens is 320 g/mol. The van der Waals surface area contributed by atoms with E-state index in [0.29, 0.717) is 25.3 Å². The van der Waals surface area contributed by atoms with Crippen LogP contribution in [-0.4, -0.2) is 32.1 Å². The predicted molar refractivity (Wildman–Crippen MR) is 94.8 cm³/mol. The zero-order valence-corrected chi connectivity index (χ0v) is 14.4. The lowest BCUT2D eigenvalue weighted by molar-refractivity contribution is -0.119. The Bertz CT molecular complexity index is 696. The maximum atomic E-state index is 12.1. The standard InChI is InChI=1S/C19H22N2O4/c1-14(22)21-13-15-3-5-16(6-4-15)19(23)20-11-12-25-18-9-7-17(24-2)8-10-18/h3-10H,11-13H2,1-2H3,(H,20,23)(H,21,22). The van der Waals surface area contributed by atoms with Gasteiger partial charge in [-0.1, -0.05) is 12.1 Å². The molecule has 6 heteroatoms. The Labute approximate surface area is 147 Å². The third-order valence-electron chi connectivity index (χ3n) is 3.47. The molecule has 0 atom stereocenters. The molecule has 0 radical (unpaired) electrons. The second kappa shape index (κ2) is 9.32. The highest BCUT2D eigenvalue weighted by Gasteiger charge is 2.05. The average molecular weight is 342 g/mol. The Balaban J connectivity index is 1.73. The van der Waals surface area contributed by atoms with Gasteiger partial charge in [-0.3, -0.25) is 9.59 Å². The van der Waals surface area contributed by atoms with Crippen LogP contribution in [0.5, 0.6) is 11.5 Å². The summed E-state index contributed by atoms with van der Waals surface area (Å²) in [4.78, 5) is 22.9. The highest BCUT2D eigenvalue weighted by molar-refractivity contribution is 5.94. The van der Waals surface area contributed by atoms with Crippen LogP contribution in [0.4, 0.5) is 0 Å². The SMILES string of the molecule is COc1ccc(OCCNC(=O)c2ccc(CNC(C)=O)cc2)cc1. The van der Waals surface area contributed by atoms with Crippen molar-refractivity contribution in [3.8, 4) is 11.5 Å². The molecular formula is C19H22N2O4. The van der Waals surface area contributed by atoms with Gasteiger partial charge in [0.15, 0.2) is 0 Å². The lowest BCUT2D eigenvalue weighted by atomic mass is 10.1. The van der Waals surface area contributed by atoms with Crippen LogP contribution in [-0.2, 0) is 11.3 Å². The zero-order valence-electron chi connectivity index (χ0n) is 14.4. The quantitative estimate of drug-likeness (QED) is 0.721. The van der Waals surface area contributed by atoms with E-state index in [-0.39, 0.29) is 11.8 Å². The van der Waals surface area contributed by atoms with E-state index < -0.39 is 0 Å². The molecule has 0 bridgehead atoms. The van der Waals surface area contributed by atoms with Crippen LogP contribution in [0.3, 0.4) is 0 Å². The van der Waals surface area contributed by atoms with Crippen LogP contribution in [0.25, 0.3) is 0 Å². The van der Waals surface area contributed by atoms with Crippen molar-refractivity contribution in [1.29, 1.82) is 0 Å². The molecule has 0 aliphatic rings.